The number of ether oxygens (including phenoxy) is 2. The van der Waals surface area contributed by atoms with E-state index in [2.05, 4.69) is 25.0 Å². The predicted octanol–water partition coefficient (Wildman–Crippen LogP) is 5.31. The molecule has 1 fully saturated rings. The second kappa shape index (κ2) is 11.0. The molecule has 0 aliphatic carbocycles. The normalized spacial score (nSPS) is 14.9. The fraction of sp³-hybridized carbons (Fsp3) is 0.115. The van der Waals surface area contributed by atoms with Crippen molar-refractivity contribution in [2.24, 2.45) is 10.2 Å². The van der Waals surface area contributed by atoms with Gasteiger partial charge in [-0.2, -0.15) is 5.10 Å². The van der Waals surface area contributed by atoms with Gasteiger partial charge in [-0.15, -0.1) is 23.4 Å². The van der Waals surface area contributed by atoms with E-state index in [1.165, 1.54) is 51.9 Å². The van der Waals surface area contributed by atoms with Crippen LogP contribution >= 0.6 is 11.8 Å². The third-order valence-corrected chi connectivity index (χ3v) is 6.34. The fourth-order valence-electron chi connectivity index (χ4n) is 3.62. The molecule has 1 amide bonds. The Hall–Kier alpha value is -4.65. The molecule has 0 radical (unpaired) electrons. The molecule has 0 saturated carbocycles. The van der Waals surface area contributed by atoms with Crippen molar-refractivity contribution in [2.75, 3.05) is 17.8 Å². The highest BCUT2D eigenvalue weighted by Crippen LogP contribution is 2.29. The van der Waals surface area contributed by atoms with Crippen molar-refractivity contribution in [1.82, 2.24) is 14.8 Å². The second-order valence-corrected chi connectivity index (χ2v) is 8.97. The van der Waals surface area contributed by atoms with E-state index in [1.807, 2.05) is 24.3 Å². The first kappa shape index (κ1) is 26.0. The third-order valence-electron chi connectivity index (χ3n) is 5.42. The lowest BCUT2D eigenvalue weighted by atomic mass is 10.1. The summed E-state index contributed by atoms with van der Waals surface area (Å²) in [6, 6.07) is 19.7. The second-order valence-electron chi connectivity index (χ2n) is 8.02. The fourth-order valence-corrected chi connectivity index (χ4v) is 4.45. The summed E-state index contributed by atoms with van der Waals surface area (Å²) < 4.78 is 47.7. The number of alkyl halides is 3. The molecule has 5 rings (SSSR count). The van der Waals surface area contributed by atoms with Crippen LogP contribution in [0.3, 0.4) is 0 Å². The van der Waals surface area contributed by atoms with E-state index in [1.54, 1.807) is 37.6 Å². The number of methoxy groups -OCH3 is 1. The summed E-state index contributed by atoms with van der Waals surface area (Å²) in [5, 5.41) is 13.3. The van der Waals surface area contributed by atoms with E-state index in [4.69, 9.17) is 4.74 Å². The van der Waals surface area contributed by atoms with Crippen LogP contribution in [0.5, 0.6) is 11.5 Å². The minimum atomic E-state index is -4.75. The van der Waals surface area contributed by atoms with Crippen molar-refractivity contribution >= 4 is 34.7 Å². The van der Waals surface area contributed by atoms with E-state index in [9.17, 15) is 18.0 Å². The molecule has 0 spiro atoms. The summed E-state index contributed by atoms with van der Waals surface area (Å²) in [6.45, 7) is 0. The van der Waals surface area contributed by atoms with E-state index >= 15 is 0 Å². The van der Waals surface area contributed by atoms with E-state index in [0.717, 1.165) is 11.1 Å². The van der Waals surface area contributed by atoms with Crippen molar-refractivity contribution in [3.8, 4) is 28.6 Å². The van der Waals surface area contributed by atoms with Crippen LogP contribution in [0.4, 0.5) is 18.9 Å². The Labute approximate surface area is 224 Å². The summed E-state index contributed by atoms with van der Waals surface area (Å²) in [4.78, 5) is 18.2. The lowest BCUT2D eigenvalue weighted by Gasteiger charge is -2.15. The lowest BCUT2D eigenvalue weighted by Crippen LogP contribution is -2.29. The maximum Gasteiger partial charge on any atom is 0.573 e. The average Bonchev–Trinajstić information content (AvgIpc) is 3.56. The highest BCUT2D eigenvalue weighted by atomic mass is 32.2. The average molecular weight is 553 g/mol. The Morgan fingerprint density at radius 2 is 1.77 bits per heavy atom. The Morgan fingerprint density at radius 1 is 1.00 bits per heavy atom. The molecule has 9 nitrogen and oxygen atoms in total. The molecule has 1 aromatic heterocycles. The molecule has 0 N–H and O–H groups in total. The maximum atomic E-state index is 12.4. The third kappa shape index (κ3) is 6.26. The number of amides is 1. The first-order valence-electron chi connectivity index (χ1n) is 11.4. The zero-order valence-corrected chi connectivity index (χ0v) is 21.1. The molecule has 0 unspecified atom stereocenters. The van der Waals surface area contributed by atoms with Gasteiger partial charge in [0, 0.05) is 11.6 Å². The van der Waals surface area contributed by atoms with Gasteiger partial charge in [-0.05, 0) is 42.0 Å². The number of carbonyl (C=O) groups is 1. The van der Waals surface area contributed by atoms with Crippen LogP contribution in [0.2, 0.25) is 0 Å². The standard InChI is InChI=1S/C26H19F3N6O3S/c1-37-22-4-2-3-20(13-22)35-23(36)15-39-25(35)32-31-14-17-5-7-18(8-6-17)24-30-16-34(33-24)19-9-11-21(12-10-19)38-26(27,28)29/h2-14,16H,15H2,1H3. The van der Waals surface area contributed by atoms with Crippen molar-refractivity contribution in [3.63, 3.8) is 0 Å². The van der Waals surface area contributed by atoms with Crippen molar-refractivity contribution in [1.29, 1.82) is 0 Å². The Balaban J connectivity index is 1.26. The molecule has 0 bridgehead atoms. The van der Waals surface area contributed by atoms with Crippen molar-refractivity contribution < 1.29 is 27.4 Å². The van der Waals surface area contributed by atoms with Gasteiger partial charge in [-0.1, -0.05) is 42.1 Å². The predicted molar refractivity (Wildman–Crippen MR) is 141 cm³/mol. The maximum absolute atomic E-state index is 12.4. The van der Waals surface area contributed by atoms with Gasteiger partial charge in [0.25, 0.3) is 0 Å². The monoisotopic (exact) mass is 552 g/mol. The van der Waals surface area contributed by atoms with E-state index in [0.29, 0.717) is 28.1 Å². The SMILES string of the molecule is COc1cccc(N2C(=O)CSC2=NN=Cc2ccc(-c3ncn(-c4ccc(OC(F)(F)F)cc4)n3)cc2)c1. The summed E-state index contributed by atoms with van der Waals surface area (Å²) in [7, 11) is 1.56. The van der Waals surface area contributed by atoms with Crippen LogP contribution in [0.15, 0.2) is 89.3 Å². The van der Waals surface area contributed by atoms with Crippen LogP contribution in [0, 0.1) is 0 Å². The highest BCUT2D eigenvalue weighted by Gasteiger charge is 2.31. The number of nitrogens with zero attached hydrogens (tertiary/aromatic N) is 6. The van der Waals surface area contributed by atoms with Gasteiger partial charge in [0.05, 0.1) is 30.5 Å². The van der Waals surface area contributed by atoms with Crippen LogP contribution in [-0.4, -0.2) is 51.3 Å². The number of anilines is 1. The lowest BCUT2D eigenvalue weighted by molar-refractivity contribution is -0.274. The first-order valence-corrected chi connectivity index (χ1v) is 12.4. The number of halogens is 3. The number of hydrogen-bond acceptors (Lipinski definition) is 8. The Kier molecular flexibility index (Phi) is 7.32. The number of aromatic nitrogens is 3. The van der Waals surface area contributed by atoms with Gasteiger partial charge >= 0.3 is 6.36 Å². The Morgan fingerprint density at radius 3 is 2.49 bits per heavy atom. The van der Waals surface area contributed by atoms with E-state index in [-0.39, 0.29) is 17.4 Å². The number of thioether (sulfide) groups is 1. The molecule has 39 heavy (non-hydrogen) atoms. The van der Waals surface area contributed by atoms with Crippen LogP contribution in [0.25, 0.3) is 17.1 Å². The number of benzene rings is 3. The van der Waals surface area contributed by atoms with Crippen molar-refractivity contribution in [3.05, 3.63) is 84.7 Å². The van der Waals surface area contributed by atoms with Crippen LogP contribution in [0.1, 0.15) is 5.56 Å². The molecule has 13 heteroatoms. The zero-order chi connectivity index (χ0) is 27.4. The summed E-state index contributed by atoms with van der Waals surface area (Å²) in [5.74, 6) is 0.923. The Bertz CT molecular complexity index is 1540. The topological polar surface area (TPSA) is 94.2 Å². The van der Waals surface area contributed by atoms with Gasteiger partial charge < -0.3 is 9.47 Å². The molecule has 2 heterocycles. The largest absolute Gasteiger partial charge is 0.573 e. The molecule has 1 aliphatic rings. The molecule has 1 saturated heterocycles. The minimum Gasteiger partial charge on any atom is -0.497 e. The van der Waals surface area contributed by atoms with Gasteiger partial charge in [-0.25, -0.2) is 9.67 Å². The van der Waals surface area contributed by atoms with Crippen molar-refractivity contribution in [2.45, 2.75) is 6.36 Å². The molecule has 3 aromatic carbocycles. The summed E-state index contributed by atoms with van der Waals surface area (Å²) in [5.41, 5.74) is 2.68. The first-order chi connectivity index (χ1) is 18.8. The van der Waals surface area contributed by atoms with Crippen LogP contribution < -0.4 is 14.4 Å². The number of rotatable bonds is 7. The van der Waals surface area contributed by atoms with Gasteiger partial charge in [-0.3, -0.25) is 9.69 Å². The molecular formula is C26H19F3N6O3S. The molecule has 198 valence electrons. The molecule has 4 aromatic rings. The molecular weight excluding hydrogens is 533 g/mol. The number of hydrogen-bond donors (Lipinski definition) is 0. The van der Waals surface area contributed by atoms with E-state index < -0.39 is 6.36 Å². The number of carbonyl (C=O) groups excluding carboxylic acids is 1. The molecule has 1 aliphatic heterocycles. The number of amidine groups is 1. The summed E-state index contributed by atoms with van der Waals surface area (Å²) >= 11 is 1.30. The highest BCUT2D eigenvalue weighted by molar-refractivity contribution is 8.15. The minimum absolute atomic E-state index is 0.0934. The zero-order valence-electron chi connectivity index (χ0n) is 20.2. The van der Waals surface area contributed by atoms with Gasteiger partial charge in [0.15, 0.2) is 11.0 Å². The van der Waals surface area contributed by atoms with Gasteiger partial charge in [0.2, 0.25) is 5.91 Å². The summed E-state index contributed by atoms with van der Waals surface area (Å²) in [6.07, 6.45) is -1.72. The smallest absolute Gasteiger partial charge is 0.497 e. The van der Waals surface area contributed by atoms with Gasteiger partial charge in [0.1, 0.15) is 17.8 Å². The molecule has 0 atom stereocenters. The quantitative estimate of drug-likeness (QED) is 0.228. The van der Waals surface area contributed by atoms with Crippen LogP contribution in [-0.2, 0) is 4.79 Å².